The van der Waals surface area contributed by atoms with E-state index in [1.807, 2.05) is 60.7 Å². The number of carbonyl (C=O) groups is 1. The highest BCUT2D eigenvalue weighted by molar-refractivity contribution is 5.76. The molecule has 5 nitrogen and oxygen atoms in total. The Kier molecular flexibility index (Phi) is 7.44. The van der Waals surface area contributed by atoms with Gasteiger partial charge in [0.15, 0.2) is 0 Å². The zero-order valence-corrected chi connectivity index (χ0v) is 17.2. The average molecular weight is 407 g/mol. The van der Waals surface area contributed by atoms with Crippen molar-refractivity contribution in [2.24, 2.45) is 0 Å². The van der Waals surface area contributed by atoms with Crippen LogP contribution in [0.15, 0.2) is 86.0 Å². The monoisotopic (exact) mass is 406 g/mol. The van der Waals surface area contributed by atoms with E-state index in [9.17, 15) is 15.0 Å². The fourth-order valence-electron chi connectivity index (χ4n) is 4.15. The van der Waals surface area contributed by atoms with Crippen molar-refractivity contribution in [3.8, 4) is 0 Å². The van der Waals surface area contributed by atoms with E-state index in [1.54, 1.807) is 22.0 Å². The average Bonchev–Trinajstić information content (AvgIpc) is 2.83. The molecule has 30 heavy (non-hydrogen) atoms. The van der Waals surface area contributed by atoms with Crippen LogP contribution in [0.4, 0.5) is 4.79 Å². The molecule has 0 aliphatic carbocycles. The molecule has 2 aromatic rings. The minimum absolute atomic E-state index is 0.229. The summed E-state index contributed by atoms with van der Waals surface area (Å²) in [6.45, 7) is 8.14. The molecule has 2 amide bonds. The number of hydrogen-bond donors (Lipinski definition) is 2. The van der Waals surface area contributed by atoms with Gasteiger partial charge in [-0.3, -0.25) is 0 Å². The molecule has 3 rings (SSSR count). The van der Waals surface area contributed by atoms with E-state index < -0.39 is 24.3 Å². The van der Waals surface area contributed by atoms with E-state index in [-0.39, 0.29) is 19.1 Å². The molecule has 4 atom stereocenters. The zero-order valence-electron chi connectivity index (χ0n) is 17.2. The summed E-state index contributed by atoms with van der Waals surface area (Å²) in [7, 11) is 0. The normalized spacial score (nSPS) is 24.4. The van der Waals surface area contributed by atoms with E-state index in [2.05, 4.69) is 13.2 Å². The van der Waals surface area contributed by atoms with Crippen molar-refractivity contribution in [1.29, 1.82) is 0 Å². The molecule has 0 spiro atoms. The summed E-state index contributed by atoms with van der Waals surface area (Å²) in [5.74, 6) is 0. The van der Waals surface area contributed by atoms with E-state index in [0.717, 1.165) is 11.1 Å². The molecule has 0 saturated carbocycles. The van der Waals surface area contributed by atoms with Gasteiger partial charge >= 0.3 is 6.03 Å². The van der Waals surface area contributed by atoms with Gasteiger partial charge in [-0.15, -0.1) is 13.2 Å². The first-order valence-electron chi connectivity index (χ1n) is 10.3. The molecule has 1 aliphatic heterocycles. The largest absolute Gasteiger partial charge is 0.388 e. The highest BCUT2D eigenvalue weighted by Crippen LogP contribution is 2.27. The first-order chi connectivity index (χ1) is 14.6. The highest BCUT2D eigenvalue weighted by Gasteiger charge is 2.45. The van der Waals surface area contributed by atoms with Gasteiger partial charge in [-0.05, 0) is 24.0 Å². The van der Waals surface area contributed by atoms with Crippen LogP contribution in [0.2, 0.25) is 0 Å². The topological polar surface area (TPSA) is 64.0 Å². The van der Waals surface area contributed by atoms with Crippen LogP contribution in [-0.4, -0.2) is 63.4 Å². The van der Waals surface area contributed by atoms with Crippen molar-refractivity contribution in [2.75, 3.05) is 13.1 Å². The molecule has 158 valence electrons. The van der Waals surface area contributed by atoms with Crippen molar-refractivity contribution in [3.05, 3.63) is 97.1 Å². The SMILES string of the molecule is C=CCN1C(=O)N(CC=C)[C@H](Cc2ccccc2)[C@H](O)[C@@H](O)[C@H]1Cc1ccccc1. The lowest BCUT2D eigenvalue weighted by atomic mass is 9.91. The lowest BCUT2D eigenvalue weighted by Crippen LogP contribution is -2.51. The minimum Gasteiger partial charge on any atom is -0.388 e. The second-order valence-electron chi connectivity index (χ2n) is 7.66. The molecule has 1 aliphatic rings. The van der Waals surface area contributed by atoms with Crippen LogP contribution in [0.3, 0.4) is 0 Å². The predicted molar refractivity (Wildman–Crippen MR) is 119 cm³/mol. The van der Waals surface area contributed by atoms with Crippen LogP contribution in [0.5, 0.6) is 0 Å². The number of urea groups is 1. The summed E-state index contributed by atoms with van der Waals surface area (Å²) in [5.41, 5.74) is 1.99. The first kappa shape index (κ1) is 21.8. The Morgan fingerprint density at radius 1 is 0.733 bits per heavy atom. The standard InChI is InChI=1S/C25H30N2O3/c1-3-15-26-21(17-19-11-7-5-8-12-19)23(28)24(29)22(27(16-4-2)25(26)30)18-20-13-9-6-10-14-20/h3-14,21-24,28-29H,1-2,15-18H2/t21-,22-,23+,24+/m1/s1. The van der Waals surface area contributed by atoms with Gasteiger partial charge in [-0.1, -0.05) is 72.8 Å². The Balaban J connectivity index is 1.99. The molecule has 2 N–H and O–H groups in total. The van der Waals surface area contributed by atoms with Crippen LogP contribution in [0.1, 0.15) is 11.1 Å². The molecule has 1 heterocycles. The van der Waals surface area contributed by atoms with Gasteiger partial charge < -0.3 is 20.0 Å². The molecular weight excluding hydrogens is 376 g/mol. The Morgan fingerprint density at radius 3 is 1.43 bits per heavy atom. The van der Waals surface area contributed by atoms with Crippen molar-refractivity contribution < 1.29 is 15.0 Å². The Labute approximate surface area is 178 Å². The number of carbonyl (C=O) groups excluding carboxylic acids is 1. The number of rotatable bonds is 8. The van der Waals surface area contributed by atoms with Gasteiger partial charge in [-0.25, -0.2) is 4.79 Å². The van der Waals surface area contributed by atoms with Crippen LogP contribution >= 0.6 is 0 Å². The van der Waals surface area contributed by atoms with Gasteiger partial charge in [0.25, 0.3) is 0 Å². The first-order valence-corrected chi connectivity index (χ1v) is 10.3. The zero-order chi connectivity index (χ0) is 21.5. The molecule has 1 saturated heterocycles. The quantitative estimate of drug-likeness (QED) is 0.663. The second-order valence-corrected chi connectivity index (χ2v) is 7.66. The van der Waals surface area contributed by atoms with Crippen molar-refractivity contribution in [1.82, 2.24) is 9.80 Å². The fourth-order valence-corrected chi connectivity index (χ4v) is 4.15. The second kappa shape index (κ2) is 10.2. The van der Waals surface area contributed by atoms with Gasteiger partial charge in [0.2, 0.25) is 0 Å². The lowest BCUT2D eigenvalue weighted by molar-refractivity contribution is -0.0377. The van der Waals surface area contributed by atoms with Crippen LogP contribution in [0.25, 0.3) is 0 Å². The summed E-state index contributed by atoms with van der Waals surface area (Å²) < 4.78 is 0. The summed E-state index contributed by atoms with van der Waals surface area (Å²) in [6.07, 6.45) is 1.99. The molecule has 0 bridgehead atoms. The Bertz CT molecular complexity index is 770. The van der Waals surface area contributed by atoms with Crippen molar-refractivity contribution in [3.63, 3.8) is 0 Å². The number of nitrogens with zero attached hydrogens (tertiary/aromatic N) is 2. The third-order valence-corrected chi connectivity index (χ3v) is 5.66. The number of hydrogen-bond acceptors (Lipinski definition) is 3. The maximum atomic E-state index is 13.6. The van der Waals surface area contributed by atoms with Crippen molar-refractivity contribution in [2.45, 2.75) is 37.1 Å². The number of aliphatic hydroxyl groups is 2. The molecule has 0 radical (unpaired) electrons. The third kappa shape index (κ3) is 4.81. The number of aliphatic hydroxyl groups excluding tert-OH is 2. The highest BCUT2D eigenvalue weighted by atomic mass is 16.3. The molecular formula is C25H30N2O3. The van der Waals surface area contributed by atoms with Gasteiger partial charge in [-0.2, -0.15) is 0 Å². The van der Waals surface area contributed by atoms with E-state index in [1.165, 1.54) is 0 Å². The molecule has 2 aromatic carbocycles. The van der Waals surface area contributed by atoms with Gasteiger partial charge in [0, 0.05) is 13.1 Å². The van der Waals surface area contributed by atoms with Crippen LogP contribution < -0.4 is 0 Å². The van der Waals surface area contributed by atoms with Gasteiger partial charge in [0.05, 0.1) is 12.1 Å². The van der Waals surface area contributed by atoms with Crippen molar-refractivity contribution >= 4 is 6.03 Å². The minimum atomic E-state index is -1.10. The van der Waals surface area contributed by atoms with E-state index >= 15 is 0 Å². The number of benzene rings is 2. The van der Waals surface area contributed by atoms with Crippen LogP contribution in [-0.2, 0) is 12.8 Å². The summed E-state index contributed by atoms with van der Waals surface area (Å²) in [4.78, 5) is 16.8. The van der Waals surface area contributed by atoms with Crippen LogP contribution in [0, 0.1) is 0 Å². The maximum absolute atomic E-state index is 13.6. The maximum Gasteiger partial charge on any atom is 0.321 e. The molecule has 0 unspecified atom stereocenters. The smallest absolute Gasteiger partial charge is 0.321 e. The summed E-state index contributed by atoms with van der Waals surface area (Å²) in [6, 6.07) is 18.0. The van der Waals surface area contributed by atoms with E-state index in [4.69, 9.17) is 0 Å². The molecule has 0 aromatic heterocycles. The predicted octanol–water partition coefficient (Wildman–Crippen LogP) is 3.04. The Morgan fingerprint density at radius 2 is 1.10 bits per heavy atom. The third-order valence-electron chi connectivity index (χ3n) is 5.66. The lowest BCUT2D eigenvalue weighted by Gasteiger charge is -2.34. The summed E-state index contributed by atoms with van der Waals surface area (Å²) in [5, 5.41) is 22.4. The molecule has 5 heteroatoms. The fraction of sp³-hybridized carbons (Fsp3) is 0.320. The molecule has 1 fully saturated rings. The number of amides is 2. The van der Waals surface area contributed by atoms with Gasteiger partial charge in [0.1, 0.15) is 12.2 Å². The van der Waals surface area contributed by atoms with E-state index in [0.29, 0.717) is 12.8 Å². The summed E-state index contributed by atoms with van der Waals surface area (Å²) >= 11 is 0. The Hall–Kier alpha value is -2.89.